The maximum absolute atomic E-state index is 12.1. The third kappa shape index (κ3) is 4.05. The summed E-state index contributed by atoms with van der Waals surface area (Å²) in [5.41, 5.74) is 0.747. The molecule has 0 aromatic heterocycles. The minimum absolute atomic E-state index is 0.0355. The Bertz CT molecular complexity index is 580. The minimum Gasteiger partial charge on any atom is -0.478 e. The largest absolute Gasteiger partial charge is 0.478 e. The van der Waals surface area contributed by atoms with E-state index in [2.05, 4.69) is 11.6 Å². The SMILES string of the molecule is CC1CCC(NS(=O)(=O)Cc2ccc(C(=O)O)cc2)C1. The highest BCUT2D eigenvalue weighted by Crippen LogP contribution is 2.25. The molecule has 0 radical (unpaired) electrons. The molecule has 1 saturated carbocycles. The standard InChI is InChI=1S/C14H19NO4S/c1-10-2-7-13(8-10)15-20(18,19)9-11-3-5-12(6-4-11)14(16)17/h3-6,10,13,15H,2,7-9H2,1H3,(H,16,17). The molecule has 110 valence electrons. The molecule has 1 aliphatic carbocycles. The molecule has 1 aliphatic rings. The van der Waals surface area contributed by atoms with Crippen LogP contribution in [0.2, 0.25) is 0 Å². The van der Waals surface area contributed by atoms with E-state index in [0.717, 1.165) is 19.3 Å². The molecule has 2 unspecified atom stereocenters. The molecule has 5 nitrogen and oxygen atoms in total. The van der Waals surface area contributed by atoms with Crippen molar-refractivity contribution in [2.75, 3.05) is 0 Å². The summed E-state index contributed by atoms with van der Waals surface area (Å²) in [7, 11) is -3.37. The first-order chi connectivity index (χ1) is 9.35. The number of carboxylic acids is 1. The lowest BCUT2D eigenvalue weighted by atomic mass is 10.1. The van der Waals surface area contributed by atoms with Gasteiger partial charge < -0.3 is 5.11 Å². The summed E-state index contributed by atoms with van der Waals surface area (Å²) in [6.45, 7) is 2.12. The maximum atomic E-state index is 12.1. The second-order valence-electron chi connectivity index (χ2n) is 5.49. The molecular formula is C14H19NO4S. The van der Waals surface area contributed by atoms with Gasteiger partial charge in [0.05, 0.1) is 11.3 Å². The van der Waals surface area contributed by atoms with Crippen molar-refractivity contribution in [2.24, 2.45) is 5.92 Å². The topological polar surface area (TPSA) is 83.5 Å². The van der Waals surface area contributed by atoms with E-state index in [9.17, 15) is 13.2 Å². The molecule has 0 aliphatic heterocycles. The van der Waals surface area contributed by atoms with Crippen LogP contribution in [0.3, 0.4) is 0 Å². The van der Waals surface area contributed by atoms with E-state index in [1.165, 1.54) is 12.1 Å². The third-order valence-electron chi connectivity index (χ3n) is 3.60. The van der Waals surface area contributed by atoms with E-state index < -0.39 is 16.0 Å². The van der Waals surface area contributed by atoms with Gasteiger partial charge in [-0.25, -0.2) is 17.9 Å². The quantitative estimate of drug-likeness (QED) is 0.870. The van der Waals surface area contributed by atoms with E-state index in [4.69, 9.17) is 5.11 Å². The highest BCUT2D eigenvalue weighted by molar-refractivity contribution is 7.88. The zero-order chi connectivity index (χ0) is 14.8. The van der Waals surface area contributed by atoms with Gasteiger partial charge in [-0.2, -0.15) is 0 Å². The van der Waals surface area contributed by atoms with Crippen molar-refractivity contribution in [2.45, 2.75) is 38.0 Å². The van der Waals surface area contributed by atoms with Gasteiger partial charge in [-0.3, -0.25) is 0 Å². The molecule has 6 heteroatoms. The molecule has 1 fully saturated rings. The van der Waals surface area contributed by atoms with Crippen LogP contribution in [-0.4, -0.2) is 25.5 Å². The van der Waals surface area contributed by atoms with Crippen molar-refractivity contribution in [3.8, 4) is 0 Å². The second kappa shape index (κ2) is 5.93. The lowest BCUT2D eigenvalue weighted by Crippen LogP contribution is -2.33. The summed E-state index contributed by atoms with van der Waals surface area (Å²) < 4.78 is 26.8. The predicted molar refractivity (Wildman–Crippen MR) is 76.0 cm³/mol. The zero-order valence-electron chi connectivity index (χ0n) is 11.4. The third-order valence-corrected chi connectivity index (χ3v) is 5.00. The van der Waals surface area contributed by atoms with Crippen LogP contribution in [0.15, 0.2) is 24.3 Å². The fourth-order valence-electron chi connectivity index (χ4n) is 2.57. The average Bonchev–Trinajstić information content (AvgIpc) is 2.73. The van der Waals surface area contributed by atoms with Crippen LogP contribution in [0.5, 0.6) is 0 Å². The van der Waals surface area contributed by atoms with Gasteiger partial charge in [0.25, 0.3) is 0 Å². The average molecular weight is 297 g/mol. The van der Waals surface area contributed by atoms with E-state index in [1.54, 1.807) is 12.1 Å². The van der Waals surface area contributed by atoms with Crippen LogP contribution < -0.4 is 4.72 Å². The van der Waals surface area contributed by atoms with Crippen molar-refractivity contribution in [1.29, 1.82) is 0 Å². The molecule has 2 rings (SSSR count). The molecule has 0 amide bonds. The molecule has 0 spiro atoms. The first-order valence-electron chi connectivity index (χ1n) is 6.68. The molecule has 2 atom stereocenters. The monoisotopic (exact) mass is 297 g/mol. The van der Waals surface area contributed by atoms with E-state index in [-0.39, 0.29) is 17.4 Å². The number of carboxylic acid groups (broad SMARTS) is 1. The molecule has 0 bridgehead atoms. The lowest BCUT2D eigenvalue weighted by Gasteiger charge is -2.13. The highest BCUT2D eigenvalue weighted by Gasteiger charge is 2.25. The van der Waals surface area contributed by atoms with Gasteiger partial charge >= 0.3 is 5.97 Å². The van der Waals surface area contributed by atoms with Crippen molar-refractivity contribution < 1.29 is 18.3 Å². The van der Waals surface area contributed by atoms with Gasteiger partial charge in [0.2, 0.25) is 10.0 Å². The summed E-state index contributed by atoms with van der Waals surface area (Å²) >= 11 is 0. The summed E-state index contributed by atoms with van der Waals surface area (Å²) in [5, 5.41) is 8.79. The van der Waals surface area contributed by atoms with Crippen molar-refractivity contribution >= 4 is 16.0 Å². The Morgan fingerprint density at radius 1 is 1.30 bits per heavy atom. The fourth-order valence-corrected chi connectivity index (χ4v) is 4.01. The van der Waals surface area contributed by atoms with Gasteiger partial charge in [-0.1, -0.05) is 19.1 Å². The molecule has 0 heterocycles. The van der Waals surface area contributed by atoms with Crippen molar-refractivity contribution in [3.05, 3.63) is 35.4 Å². The summed E-state index contributed by atoms with van der Waals surface area (Å²) in [6.07, 6.45) is 2.83. The number of benzene rings is 1. The van der Waals surface area contributed by atoms with Crippen LogP contribution in [0.25, 0.3) is 0 Å². The predicted octanol–water partition coefficient (Wildman–Crippen LogP) is 1.99. The number of sulfonamides is 1. The smallest absolute Gasteiger partial charge is 0.335 e. The number of hydrogen-bond donors (Lipinski definition) is 2. The van der Waals surface area contributed by atoms with Crippen LogP contribution in [0.1, 0.15) is 42.1 Å². The van der Waals surface area contributed by atoms with Gasteiger partial charge in [-0.05, 0) is 42.9 Å². The van der Waals surface area contributed by atoms with E-state index in [0.29, 0.717) is 11.5 Å². The lowest BCUT2D eigenvalue weighted by molar-refractivity contribution is 0.0697. The van der Waals surface area contributed by atoms with Crippen molar-refractivity contribution in [3.63, 3.8) is 0 Å². The molecule has 1 aromatic rings. The van der Waals surface area contributed by atoms with Gasteiger partial charge in [0.1, 0.15) is 0 Å². The Balaban J connectivity index is 1.99. The molecule has 1 aromatic carbocycles. The van der Waals surface area contributed by atoms with Crippen LogP contribution in [0.4, 0.5) is 0 Å². The molecule has 0 saturated heterocycles. The van der Waals surface area contributed by atoms with Gasteiger partial charge in [-0.15, -0.1) is 0 Å². The van der Waals surface area contributed by atoms with Gasteiger partial charge in [0.15, 0.2) is 0 Å². The summed E-state index contributed by atoms with van der Waals surface area (Å²) in [5.74, 6) is -0.562. The molecular weight excluding hydrogens is 278 g/mol. The number of carbonyl (C=O) groups is 1. The van der Waals surface area contributed by atoms with Crippen LogP contribution in [0, 0.1) is 5.92 Å². The first kappa shape index (κ1) is 15.0. The highest BCUT2D eigenvalue weighted by atomic mass is 32.2. The number of hydrogen-bond acceptors (Lipinski definition) is 3. The summed E-state index contributed by atoms with van der Waals surface area (Å²) in [4.78, 5) is 10.7. The Kier molecular flexibility index (Phi) is 4.45. The zero-order valence-corrected chi connectivity index (χ0v) is 12.2. The summed E-state index contributed by atoms with van der Waals surface area (Å²) in [6, 6.07) is 5.96. The first-order valence-corrected chi connectivity index (χ1v) is 8.33. The number of nitrogens with one attached hydrogen (secondary N) is 1. The Labute approximate surface area is 119 Å². The number of rotatable bonds is 5. The minimum atomic E-state index is -3.37. The Hall–Kier alpha value is -1.40. The Morgan fingerprint density at radius 3 is 2.45 bits per heavy atom. The van der Waals surface area contributed by atoms with E-state index in [1.807, 2.05) is 0 Å². The second-order valence-corrected chi connectivity index (χ2v) is 7.25. The van der Waals surface area contributed by atoms with Crippen LogP contribution in [-0.2, 0) is 15.8 Å². The maximum Gasteiger partial charge on any atom is 0.335 e. The van der Waals surface area contributed by atoms with Crippen LogP contribution >= 0.6 is 0 Å². The Morgan fingerprint density at radius 2 is 1.95 bits per heavy atom. The normalized spacial score (nSPS) is 22.9. The fraction of sp³-hybridized carbons (Fsp3) is 0.500. The van der Waals surface area contributed by atoms with E-state index >= 15 is 0 Å². The van der Waals surface area contributed by atoms with Crippen molar-refractivity contribution in [1.82, 2.24) is 4.72 Å². The molecule has 2 N–H and O–H groups in total. The molecule has 20 heavy (non-hydrogen) atoms. The number of aromatic carboxylic acids is 1. The van der Waals surface area contributed by atoms with Gasteiger partial charge in [0, 0.05) is 6.04 Å².